The van der Waals surface area contributed by atoms with E-state index in [1.165, 1.54) is 25.0 Å². The first-order chi connectivity index (χ1) is 8.36. The van der Waals surface area contributed by atoms with E-state index in [0.717, 1.165) is 19.5 Å². The Kier molecular flexibility index (Phi) is 7.57. The lowest BCUT2D eigenvalue weighted by atomic mass is 10.1. The van der Waals surface area contributed by atoms with Crippen LogP contribution in [-0.2, 0) is 13.1 Å². The molecule has 0 saturated carbocycles. The molecule has 1 rings (SSSR count). The van der Waals surface area contributed by atoms with Crippen molar-refractivity contribution >= 4 is 11.8 Å². The maximum atomic E-state index is 8.42. The van der Waals surface area contributed by atoms with E-state index in [1.54, 1.807) is 0 Å². The molecule has 0 unspecified atom stereocenters. The quantitative estimate of drug-likeness (QED) is 0.500. The Labute approximate surface area is 108 Å². The van der Waals surface area contributed by atoms with E-state index in [-0.39, 0.29) is 0 Å². The van der Waals surface area contributed by atoms with E-state index in [2.05, 4.69) is 40.2 Å². The molecule has 0 atom stereocenters. The molecule has 0 aliphatic heterocycles. The maximum absolute atomic E-state index is 8.42. The molecule has 0 spiro atoms. The van der Waals surface area contributed by atoms with Crippen LogP contribution < -0.4 is 4.57 Å². The molecule has 0 aliphatic rings. The molecule has 1 aromatic heterocycles. The molecule has 0 bridgehead atoms. The summed E-state index contributed by atoms with van der Waals surface area (Å²) in [5, 5.41) is 8.42. The minimum Gasteiger partial charge on any atom is -0.237 e. The molecule has 4 heteroatoms. The summed E-state index contributed by atoms with van der Waals surface area (Å²) in [7, 11) is 0. The van der Waals surface area contributed by atoms with Crippen LogP contribution >= 0.6 is 11.8 Å². The zero-order valence-electron chi connectivity index (χ0n) is 10.6. The molecule has 1 aromatic rings. The molecule has 3 nitrogen and oxygen atoms in total. The van der Waals surface area contributed by atoms with Crippen LogP contribution in [0.1, 0.15) is 32.1 Å². The number of nitriles is 1. The first-order valence-electron chi connectivity index (χ1n) is 6.27. The van der Waals surface area contributed by atoms with Crippen molar-refractivity contribution in [3.8, 4) is 6.07 Å². The van der Waals surface area contributed by atoms with Gasteiger partial charge in [-0.3, -0.25) is 0 Å². The highest BCUT2D eigenvalue weighted by Crippen LogP contribution is 2.02. The van der Waals surface area contributed by atoms with E-state index >= 15 is 0 Å². The van der Waals surface area contributed by atoms with Crippen LogP contribution in [0.2, 0.25) is 0 Å². The van der Waals surface area contributed by atoms with Crippen molar-refractivity contribution in [2.24, 2.45) is 0 Å². The lowest BCUT2D eigenvalue weighted by Crippen LogP contribution is -2.30. The van der Waals surface area contributed by atoms with Gasteiger partial charge in [-0.1, -0.05) is 6.42 Å². The van der Waals surface area contributed by atoms with Crippen molar-refractivity contribution in [1.29, 1.82) is 5.26 Å². The minimum atomic E-state index is 0.707. The average Bonchev–Trinajstić information content (AvgIpc) is 2.79. The summed E-state index contributed by atoms with van der Waals surface area (Å²) in [5.41, 5.74) is 0. The summed E-state index contributed by atoms with van der Waals surface area (Å²) in [6.07, 6.45) is 14.0. The van der Waals surface area contributed by atoms with E-state index in [0.29, 0.717) is 6.42 Å². The van der Waals surface area contributed by atoms with Crippen molar-refractivity contribution < 1.29 is 4.57 Å². The van der Waals surface area contributed by atoms with Gasteiger partial charge in [-0.25, -0.2) is 9.13 Å². The minimum absolute atomic E-state index is 0.707. The van der Waals surface area contributed by atoms with Gasteiger partial charge < -0.3 is 0 Å². The lowest BCUT2D eigenvalue weighted by molar-refractivity contribution is -0.696. The fraction of sp³-hybridized carbons (Fsp3) is 0.692. The molecule has 94 valence electrons. The van der Waals surface area contributed by atoms with Crippen LogP contribution in [0.4, 0.5) is 0 Å². The second-order valence-electron chi connectivity index (χ2n) is 4.20. The Bertz CT molecular complexity index is 341. The van der Waals surface area contributed by atoms with Gasteiger partial charge in [-0.05, 0) is 25.5 Å². The first-order valence-corrected chi connectivity index (χ1v) is 7.67. The van der Waals surface area contributed by atoms with E-state index < -0.39 is 0 Å². The van der Waals surface area contributed by atoms with Gasteiger partial charge in [0.2, 0.25) is 6.33 Å². The number of unbranched alkanes of at least 4 members (excludes halogenated alkanes) is 4. The van der Waals surface area contributed by atoms with Crippen LogP contribution in [-0.4, -0.2) is 16.6 Å². The van der Waals surface area contributed by atoms with Crippen LogP contribution in [0.3, 0.4) is 0 Å². The normalized spacial score (nSPS) is 10.4. The number of thioether (sulfide) groups is 1. The summed E-state index contributed by atoms with van der Waals surface area (Å²) >= 11 is 1.88. The second-order valence-corrected chi connectivity index (χ2v) is 5.19. The predicted octanol–water partition coefficient (Wildman–Crippen LogP) is 2.61. The van der Waals surface area contributed by atoms with Crippen LogP contribution in [0.5, 0.6) is 0 Å². The van der Waals surface area contributed by atoms with Crippen molar-refractivity contribution in [2.45, 2.75) is 45.2 Å². The third kappa shape index (κ3) is 6.38. The molecular weight excluding hydrogens is 230 g/mol. The fourth-order valence-corrected chi connectivity index (χ4v) is 2.15. The standard InChI is InChI=1S/C13H22N3S/c1-17-12-11-16-10-9-15(13-16)8-6-4-2-3-5-7-14/h9-10,13H,2-6,8,11-12H2,1H3/q+1. The van der Waals surface area contributed by atoms with Crippen molar-refractivity contribution in [2.75, 3.05) is 12.0 Å². The molecule has 0 fully saturated rings. The van der Waals surface area contributed by atoms with Gasteiger partial charge >= 0.3 is 0 Å². The number of imidazole rings is 1. The Morgan fingerprint density at radius 1 is 1.29 bits per heavy atom. The van der Waals surface area contributed by atoms with Gasteiger partial charge in [0.25, 0.3) is 0 Å². The van der Waals surface area contributed by atoms with E-state index in [4.69, 9.17) is 5.26 Å². The molecule has 0 amide bonds. The third-order valence-corrected chi connectivity index (χ3v) is 3.35. The van der Waals surface area contributed by atoms with E-state index in [9.17, 15) is 0 Å². The van der Waals surface area contributed by atoms with Gasteiger partial charge in [0.05, 0.1) is 19.2 Å². The highest BCUT2D eigenvalue weighted by atomic mass is 32.2. The molecule has 0 radical (unpaired) electrons. The van der Waals surface area contributed by atoms with Gasteiger partial charge in [-0.15, -0.1) is 0 Å². The van der Waals surface area contributed by atoms with E-state index in [1.807, 2.05) is 11.8 Å². The summed E-state index contributed by atoms with van der Waals surface area (Å²) in [5.74, 6) is 1.17. The number of aromatic nitrogens is 2. The lowest BCUT2D eigenvalue weighted by Gasteiger charge is -1.97. The Hall–Kier alpha value is -0.950. The van der Waals surface area contributed by atoms with Crippen molar-refractivity contribution in [1.82, 2.24) is 4.57 Å². The highest BCUT2D eigenvalue weighted by molar-refractivity contribution is 7.98. The SMILES string of the molecule is CSCCn1cc[n+](CCCCCCC#N)c1. The molecule has 1 heterocycles. The summed E-state index contributed by atoms with van der Waals surface area (Å²) in [6, 6.07) is 2.19. The molecule has 0 aliphatic carbocycles. The van der Waals surface area contributed by atoms with Gasteiger partial charge in [0, 0.05) is 12.2 Å². The zero-order valence-corrected chi connectivity index (χ0v) is 11.5. The van der Waals surface area contributed by atoms with Gasteiger partial charge in [0.15, 0.2) is 0 Å². The maximum Gasteiger partial charge on any atom is 0.243 e. The second kappa shape index (κ2) is 9.12. The number of nitrogens with zero attached hydrogens (tertiary/aromatic N) is 3. The van der Waals surface area contributed by atoms with Gasteiger partial charge in [-0.2, -0.15) is 17.0 Å². The molecule has 0 saturated heterocycles. The largest absolute Gasteiger partial charge is 0.243 e. The fourth-order valence-electron chi connectivity index (χ4n) is 1.75. The van der Waals surface area contributed by atoms with Crippen molar-refractivity contribution in [3.63, 3.8) is 0 Å². The Balaban J connectivity index is 2.10. The number of hydrogen-bond donors (Lipinski definition) is 0. The smallest absolute Gasteiger partial charge is 0.237 e. The Morgan fingerprint density at radius 2 is 2.12 bits per heavy atom. The number of rotatable bonds is 9. The highest BCUT2D eigenvalue weighted by Gasteiger charge is 2.02. The number of aryl methyl sites for hydroxylation is 2. The van der Waals surface area contributed by atoms with Gasteiger partial charge in [0.1, 0.15) is 12.4 Å². The molecule has 0 N–H and O–H groups in total. The predicted molar refractivity (Wildman–Crippen MR) is 71.7 cm³/mol. The monoisotopic (exact) mass is 252 g/mol. The summed E-state index contributed by atoms with van der Waals surface area (Å²) < 4.78 is 4.50. The number of hydrogen-bond acceptors (Lipinski definition) is 2. The first kappa shape index (κ1) is 14.1. The molecular formula is C13H22N3S+. The molecule has 17 heavy (non-hydrogen) atoms. The van der Waals surface area contributed by atoms with Crippen molar-refractivity contribution in [3.05, 3.63) is 18.7 Å². The summed E-state index contributed by atoms with van der Waals surface area (Å²) in [4.78, 5) is 0. The average molecular weight is 252 g/mol. The van der Waals surface area contributed by atoms with Crippen LogP contribution in [0, 0.1) is 11.3 Å². The Morgan fingerprint density at radius 3 is 2.88 bits per heavy atom. The van der Waals surface area contributed by atoms with Crippen LogP contribution in [0.15, 0.2) is 18.7 Å². The van der Waals surface area contributed by atoms with Crippen LogP contribution in [0.25, 0.3) is 0 Å². The topological polar surface area (TPSA) is 32.6 Å². The third-order valence-electron chi connectivity index (χ3n) is 2.75. The zero-order chi connectivity index (χ0) is 12.3. The summed E-state index contributed by atoms with van der Waals surface area (Å²) in [6.45, 7) is 2.19. The molecule has 0 aromatic carbocycles.